The first-order valence-corrected chi connectivity index (χ1v) is 6.59. The summed E-state index contributed by atoms with van der Waals surface area (Å²) in [7, 11) is 1.87. The smallest absolute Gasteiger partial charge is 0.145 e. The van der Waals surface area contributed by atoms with E-state index in [4.69, 9.17) is 0 Å². The molecule has 0 aliphatic heterocycles. The molecule has 2 heterocycles. The molecule has 0 amide bonds. The predicted molar refractivity (Wildman–Crippen MR) is 77.8 cm³/mol. The monoisotopic (exact) mass is 319 g/mol. The SMILES string of the molecule is CNc1ccn2c(-c3ccc(F)cc3)nc(Br)c2c1. The number of rotatable bonds is 2. The molecule has 96 valence electrons. The lowest BCUT2D eigenvalue weighted by Gasteiger charge is -2.04. The van der Waals surface area contributed by atoms with E-state index < -0.39 is 0 Å². The average molecular weight is 320 g/mol. The van der Waals surface area contributed by atoms with Crippen molar-refractivity contribution in [2.24, 2.45) is 0 Å². The molecule has 0 spiro atoms. The number of hydrogen-bond acceptors (Lipinski definition) is 2. The summed E-state index contributed by atoms with van der Waals surface area (Å²) in [5.74, 6) is 0.533. The van der Waals surface area contributed by atoms with Gasteiger partial charge >= 0.3 is 0 Å². The zero-order valence-electron chi connectivity index (χ0n) is 10.2. The third kappa shape index (κ3) is 2.10. The quantitative estimate of drug-likeness (QED) is 0.775. The predicted octanol–water partition coefficient (Wildman–Crippen LogP) is 3.94. The van der Waals surface area contributed by atoms with Crippen LogP contribution in [0.5, 0.6) is 0 Å². The summed E-state index contributed by atoms with van der Waals surface area (Å²) in [6.45, 7) is 0. The van der Waals surface area contributed by atoms with E-state index in [1.807, 2.05) is 29.8 Å². The topological polar surface area (TPSA) is 29.3 Å². The minimum Gasteiger partial charge on any atom is -0.388 e. The Balaban J connectivity index is 2.22. The van der Waals surface area contributed by atoms with Gasteiger partial charge in [-0.05, 0) is 52.3 Å². The number of benzene rings is 1. The van der Waals surface area contributed by atoms with Crippen molar-refractivity contribution in [1.29, 1.82) is 0 Å². The van der Waals surface area contributed by atoms with Gasteiger partial charge in [0.05, 0.1) is 5.52 Å². The standard InChI is InChI=1S/C14H11BrFN3/c1-17-11-6-7-19-12(8-11)13(15)18-14(19)9-2-4-10(16)5-3-9/h2-8,17H,1H3. The van der Waals surface area contributed by atoms with Crippen molar-refractivity contribution in [3.8, 4) is 11.4 Å². The van der Waals surface area contributed by atoms with Crippen molar-refractivity contribution < 1.29 is 4.39 Å². The fourth-order valence-corrected chi connectivity index (χ4v) is 2.48. The molecule has 0 fully saturated rings. The molecule has 0 atom stereocenters. The molecule has 0 bridgehead atoms. The van der Waals surface area contributed by atoms with Crippen LogP contribution in [-0.4, -0.2) is 16.4 Å². The summed E-state index contributed by atoms with van der Waals surface area (Å²) in [5, 5.41) is 3.09. The van der Waals surface area contributed by atoms with Crippen LogP contribution in [0.2, 0.25) is 0 Å². The van der Waals surface area contributed by atoms with Gasteiger partial charge in [0.2, 0.25) is 0 Å². The maximum Gasteiger partial charge on any atom is 0.145 e. The van der Waals surface area contributed by atoms with Crippen LogP contribution in [0.25, 0.3) is 16.9 Å². The highest BCUT2D eigenvalue weighted by atomic mass is 79.9. The van der Waals surface area contributed by atoms with E-state index in [1.165, 1.54) is 12.1 Å². The van der Waals surface area contributed by atoms with E-state index in [-0.39, 0.29) is 5.82 Å². The number of fused-ring (bicyclic) bond motifs is 1. The second kappa shape index (κ2) is 4.66. The third-order valence-electron chi connectivity index (χ3n) is 2.99. The van der Waals surface area contributed by atoms with Crippen LogP contribution < -0.4 is 5.32 Å². The van der Waals surface area contributed by atoms with Crippen LogP contribution >= 0.6 is 15.9 Å². The number of halogens is 2. The van der Waals surface area contributed by atoms with E-state index in [2.05, 4.69) is 26.2 Å². The summed E-state index contributed by atoms with van der Waals surface area (Å²) >= 11 is 3.46. The highest BCUT2D eigenvalue weighted by Gasteiger charge is 2.11. The Bertz CT molecular complexity index is 734. The van der Waals surface area contributed by atoms with Crippen LogP contribution in [0.4, 0.5) is 10.1 Å². The molecule has 5 heteroatoms. The minimum atomic E-state index is -0.249. The molecule has 0 aliphatic rings. The van der Waals surface area contributed by atoms with E-state index in [9.17, 15) is 4.39 Å². The number of imidazole rings is 1. The average Bonchev–Trinajstić information content (AvgIpc) is 2.76. The van der Waals surface area contributed by atoms with Gasteiger partial charge in [0.25, 0.3) is 0 Å². The van der Waals surface area contributed by atoms with Gasteiger partial charge in [-0.25, -0.2) is 9.37 Å². The maximum atomic E-state index is 13.0. The molecule has 3 nitrogen and oxygen atoms in total. The normalized spacial score (nSPS) is 10.9. The maximum absolute atomic E-state index is 13.0. The summed E-state index contributed by atoms with van der Waals surface area (Å²) in [5.41, 5.74) is 2.85. The molecule has 1 aromatic carbocycles. The van der Waals surface area contributed by atoms with Crippen molar-refractivity contribution in [3.63, 3.8) is 0 Å². The van der Waals surface area contributed by atoms with Crippen LogP contribution in [0.15, 0.2) is 47.2 Å². The molecular formula is C14H11BrFN3. The van der Waals surface area contributed by atoms with Crippen LogP contribution in [0.3, 0.4) is 0 Å². The Kier molecular flexibility index (Phi) is 2.98. The second-order valence-electron chi connectivity index (χ2n) is 4.15. The lowest BCUT2D eigenvalue weighted by molar-refractivity contribution is 0.628. The van der Waals surface area contributed by atoms with E-state index in [0.29, 0.717) is 0 Å². The van der Waals surface area contributed by atoms with Crippen LogP contribution in [-0.2, 0) is 0 Å². The highest BCUT2D eigenvalue weighted by molar-refractivity contribution is 9.10. The van der Waals surface area contributed by atoms with Crippen molar-refractivity contribution in [1.82, 2.24) is 9.38 Å². The fourth-order valence-electron chi connectivity index (χ4n) is 2.01. The zero-order valence-corrected chi connectivity index (χ0v) is 11.8. The Morgan fingerprint density at radius 3 is 2.63 bits per heavy atom. The summed E-state index contributed by atoms with van der Waals surface area (Å²) < 4.78 is 15.7. The fraction of sp³-hybridized carbons (Fsp3) is 0.0714. The molecular weight excluding hydrogens is 309 g/mol. The lowest BCUT2D eigenvalue weighted by Crippen LogP contribution is -1.92. The minimum absolute atomic E-state index is 0.249. The van der Waals surface area contributed by atoms with Gasteiger partial charge in [-0.3, -0.25) is 4.40 Å². The van der Waals surface area contributed by atoms with Crippen molar-refractivity contribution in [3.05, 3.63) is 53.0 Å². The van der Waals surface area contributed by atoms with Gasteiger partial charge in [-0.2, -0.15) is 0 Å². The molecule has 1 N–H and O–H groups in total. The number of pyridine rings is 1. The Morgan fingerprint density at radius 1 is 1.21 bits per heavy atom. The van der Waals surface area contributed by atoms with Crippen molar-refractivity contribution >= 4 is 27.1 Å². The van der Waals surface area contributed by atoms with E-state index >= 15 is 0 Å². The number of nitrogens with zero attached hydrogens (tertiary/aromatic N) is 2. The van der Waals surface area contributed by atoms with Gasteiger partial charge in [-0.15, -0.1) is 0 Å². The van der Waals surface area contributed by atoms with E-state index in [1.54, 1.807) is 12.1 Å². The molecule has 0 unspecified atom stereocenters. The Morgan fingerprint density at radius 2 is 1.95 bits per heavy atom. The number of hydrogen-bond donors (Lipinski definition) is 1. The first-order valence-electron chi connectivity index (χ1n) is 5.80. The first kappa shape index (κ1) is 12.2. The number of nitrogens with one attached hydrogen (secondary N) is 1. The molecule has 0 radical (unpaired) electrons. The van der Waals surface area contributed by atoms with Gasteiger partial charge in [0, 0.05) is 24.5 Å². The van der Waals surface area contributed by atoms with Gasteiger partial charge in [-0.1, -0.05) is 0 Å². The molecule has 0 saturated heterocycles. The van der Waals surface area contributed by atoms with Gasteiger partial charge in [0.15, 0.2) is 0 Å². The Labute approximate surface area is 118 Å². The van der Waals surface area contributed by atoms with Crippen LogP contribution in [0, 0.1) is 5.82 Å². The highest BCUT2D eigenvalue weighted by Crippen LogP contribution is 2.27. The molecule has 19 heavy (non-hydrogen) atoms. The van der Waals surface area contributed by atoms with Crippen molar-refractivity contribution in [2.45, 2.75) is 0 Å². The zero-order chi connectivity index (χ0) is 13.4. The van der Waals surface area contributed by atoms with Crippen LogP contribution in [0.1, 0.15) is 0 Å². The third-order valence-corrected chi connectivity index (χ3v) is 3.57. The molecule has 2 aromatic heterocycles. The molecule has 3 rings (SSSR count). The summed E-state index contributed by atoms with van der Waals surface area (Å²) in [6.07, 6.45) is 1.94. The molecule has 0 saturated carbocycles. The Hall–Kier alpha value is -1.88. The van der Waals surface area contributed by atoms with Gasteiger partial charge < -0.3 is 5.32 Å². The first-order chi connectivity index (χ1) is 9.19. The summed E-state index contributed by atoms with van der Waals surface area (Å²) in [6, 6.07) is 10.3. The van der Waals surface area contributed by atoms with Gasteiger partial charge in [0.1, 0.15) is 16.2 Å². The number of anilines is 1. The van der Waals surface area contributed by atoms with Crippen molar-refractivity contribution in [2.75, 3.05) is 12.4 Å². The number of aromatic nitrogens is 2. The largest absolute Gasteiger partial charge is 0.388 e. The summed E-state index contributed by atoms with van der Waals surface area (Å²) in [4.78, 5) is 4.49. The van der Waals surface area contributed by atoms with E-state index in [0.717, 1.165) is 27.2 Å². The lowest BCUT2D eigenvalue weighted by atomic mass is 10.2. The molecule has 0 aliphatic carbocycles. The molecule has 3 aromatic rings. The second-order valence-corrected chi connectivity index (χ2v) is 4.90.